The molecule has 0 amide bonds. The van der Waals surface area contributed by atoms with Crippen molar-refractivity contribution in [2.45, 2.75) is 13.3 Å². The fraction of sp³-hybridized carbons (Fsp3) is 0.231. The molecule has 0 fully saturated rings. The summed E-state index contributed by atoms with van der Waals surface area (Å²) in [5, 5.41) is 2.35. The molecule has 0 saturated carbocycles. The fourth-order valence-electron chi connectivity index (χ4n) is 1.46. The Bertz CT molecular complexity index is 415. The number of hydrogen-bond donors (Lipinski definition) is 0. The van der Waals surface area contributed by atoms with Gasteiger partial charge in [-0.15, -0.1) is 0 Å². The van der Waals surface area contributed by atoms with E-state index in [1.807, 2.05) is 24.3 Å². The smallest absolute Gasteiger partial charge is 0.127 e. The number of ether oxygens (including phenoxy) is 1. The quantitative estimate of drug-likeness (QED) is 0.711. The molecule has 2 aromatic carbocycles. The number of fused-ring (bicyclic) bond motifs is 1. The molecule has 1 nitrogen and oxygen atoms in total. The van der Waals surface area contributed by atoms with Crippen molar-refractivity contribution in [2.75, 3.05) is 6.61 Å². The molecular weight excluding hydrogens is 172 g/mol. The summed E-state index contributed by atoms with van der Waals surface area (Å²) in [5.74, 6) is 0.935. The number of benzene rings is 2. The van der Waals surface area contributed by atoms with Gasteiger partial charge in [-0.1, -0.05) is 31.2 Å². The molecule has 0 aromatic heterocycles. The van der Waals surface area contributed by atoms with Gasteiger partial charge in [0.2, 0.25) is 0 Å². The van der Waals surface area contributed by atoms with Crippen molar-refractivity contribution in [3.05, 3.63) is 42.5 Å². The van der Waals surface area contributed by atoms with Crippen molar-refractivity contribution < 1.29 is 4.74 Å². The van der Waals surface area contributed by atoms with Crippen LogP contribution in [0.1, 0.15) is 13.3 Å². The molecule has 0 aliphatic heterocycles. The summed E-state index contributed by atoms with van der Waals surface area (Å²) >= 11 is 0. The first-order valence-corrected chi connectivity index (χ1v) is 4.93. The van der Waals surface area contributed by atoms with Gasteiger partial charge in [0.15, 0.2) is 0 Å². The number of rotatable bonds is 3. The Morgan fingerprint density at radius 1 is 1.21 bits per heavy atom. The van der Waals surface area contributed by atoms with E-state index in [9.17, 15) is 0 Å². The highest BCUT2D eigenvalue weighted by atomic mass is 16.5. The van der Waals surface area contributed by atoms with Crippen LogP contribution in [-0.4, -0.2) is 6.61 Å². The van der Waals surface area contributed by atoms with E-state index in [4.69, 9.17) is 4.74 Å². The lowest BCUT2D eigenvalue weighted by atomic mass is 10.1. The van der Waals surface area contributed by atoms with Gasteiger partial charge in [0.25, 0.3) is 0 Å². The standard InChI is InChI=1S/C13H13O/c1-2-10-14-13-9-5-7-11-6-3-4-8-12(11)13/h3-4,6-9H,2,10H2,1H3. The van der Waals surface area contributed by atoms with Crippen LogP contribution in [0.2, 0.25) is 0 Å². The Labute approximate surface area is 84.3 Å². The molecule has 1 radical (unpaired) electrons. The summed E-state index contributed by atoms with van der Waals surface area (Å²) < 4.78 is 5.64. The Morgan fingerprint density at radius 2 is 2.07 bits per heavy atom. The third-order valence-corrected chi connectivity index (χ3v) is 2.14. The minimum atomic E-state index is 0.766. The van der Waals surface area contributed by atoms with Crippen LogP contribution < -0.4 is 4.74 Å². The van der Waals surface area contributed by atoms with E-state index in [1.54, 1.807) is 0 Å². The van der Waals surface area contributed by atoms with E-state index in [0.717, 1.165) is 18.8 Å². The molecule has 1 heteroatoms. The first-order valence-electron chi connectivity index (χ1n) is 4.93. The molecule has 0 saturated heterocycles. The summed E-state index contributed by atoms with van der Waals surface area (Å²) in [5.41, 5.74) is 0. The lowest BCUT2D eigenvalue weighted by molar-refractivity contribution is 0.321. The molecule has 0 N–H and O–H groups in total. The molecule has 0 bridgehead atoms. The molecule has 0 heterocycles. The zero-order chi connectivity index (χ0) is 9.80. The first kappa shape index (κ1) is 9.07. The Hall–Kier alpha value is -1.50. The van der Waals surface area contributed by atoms with E-state index in [2.05, 4.69) is 25.1 Å². The molecule has 0 spiro atoms. The summed E-state index contributed by atoms with van der Waals surface area (Å²) in [6.07, 6.45) is 1.03. The summed E-state index contributed by atoms with van der Waals surface area (Å²) in [6, 6.07) is 15.2. The van der Waals surface area contributed by atoms with Gasteiger partial charge in [0, 0.05) is 5.39 Å². The molecule has 14 heavy (non-hydrogen) atoms. The predicted molar refractivity (Wildman–Crippen MR) is 58.6 cm³/mol. The summed E-state index contributed by atoms with van der Waals surface area (Å²) in [7, 11) is 0. The van der Waals surface area contributed by atoms with Crippen LogP contribution in [-0.2, 0) is 0 Å². The molecular formula is C13H13O. The van der Waals surface area contributed by atoms with Gasteiger partial charge >= 0.3 is 0 Å². The van der Waals surface area contributed by atoms with Crippen molar-refractivity contribution in [3.8, 4) is 5.75 Å². The lowest BCUT2D eigenvalue weighted by Gasteiger charge is -2.07. The van der Waals surface area contributed by atoms with Gasteiger partial charge in [-0.05, 0) is 30.0 Å². The third kappa shape index (κ3) is 1.72. The second-order valence-electron chi connectivity index (χ2n) is 3.26. The minimum absolute atomic E-state index is 0.766. The Balaban J connectivity index is 2.43. The molecule has 0 aliphatic rings. The highest BCUT2D eigenvalue weighted by Gasteiger charge is 1.99. The predicted octanol–water partition coefficient (Wildman–Crippen LogP) is 3.43. The van der Waals surface area contributed by atoms with Crippen LogP contribution in [0.3, 0.4) is 0 Å². The van der Waals surface area contributed by atoms with Crippen LogP contribution in [0.15, 0.2) is 36.4 Å². The van der Waals surface area contributed by atoms with Crippen LogP contribution in [0, 0.1) is 6.07 Å². The number of hydrogen-bond acceptors (Lipinski definition) is 1. The van der Waals surface area contributed by atoms with Crippen molar-refractivity contribution in [3.63, 3.8) is 0 Å². The summed E-state index contributed by atoms with van der Waals surface area (Å²) in [6.45, 7) is 2.87. The summed E-state index contributed by atoms with van der Waals surface area (Å²) in [4.78, 5) is 0. The first-order chi connectivity index (χ1) is 6.92. The van der Waals surface area contributed by atoms with Crippen molar-refractivity contribution in [1.82, 2.24) is 0 Å². The van der Waals surface area contributed by atoms with E-state index >= 15 is 0 Å². The topological polar surface area (TPSA) is 9.23 Å². The van der Waals surface area contributed by atoms with Crippen LogP contribution >= 0.6 is 0 Å². The highest BCUT2D eigenvalue weighted by Crippen LogP contribution is 2.24. The highest BCUT2D eigenvalue weighted by molar-refractivity contribution is 5.87. The largest absolute Gasteiger partial charge is 0.493 e. The van der Waals surface area contributed by atoms with Crippen LogP contribution in [0.5, 0.6) is 5.75 Å². The maximum Gasteiger partial charge on any atom is 0.127 e. The van der Waals surface area contributed by atoms with E-state index in [-0.39, 0.29) is 0 Å². The maximum atomic E-state index is 5.64. The van der Waals surface area contributed by atoms with Crippen LogP contribution in [0.25, 0.3) is 10.8 Å². The SMILES string of the molecule is CCCOc1c[c]cc2ccccc12. The van der Waals surface area contributed by atoms with Gasteiger partial charge in [0.05, 0.1) is 6.61 Å². The normalized spacial score (nSPS) is 10.4. The zero-order valence-corrected chi connectivity index (χ0v) is 8.29. The van der Waals surface area contributed by atoms with E-state index < -0.39 is 0 Å². The lowest BCUT2D eigenvalue weighted by Crippen LogP contribution is -1.95. The maximum absolute atomic E-state index is 5.64. The zero-order valence-electron chi connectivity index (χ0n) is 8.29. The average Bonchev–Trinajstić information content (AvgIpc) is 2.26. The molecule has 0 aliphatic carbocycles. The Kier molecular flexibility index (Phi) is 2.68. The second kappa shape index (κ2) is 4.14. The molecule has 0 unspecified atom stereocenters. The van der Waals surface area contributed by atoms with Gasteiger partial charge in [0.1, 0.15) is 5.75 Å². The van der Waals surface area contributed by atoms with Gasteiger partial charge in [-0.25, -0.2) is 0 Å². The van der Waals surface area contributed by atoms with Crippen molar-refractivity contribution in [2.24, 2.45) is 0 Å². The Morgan fingerprint density at radius 3 is 2.93 bits per heavy atom. The average molecular weight is 185 g/mol. The molecule has 0 atom stereocenters. The van der Waals surface area contributed by atoms with Gasteiger partial charge in [-0.3, -0.25) is 0 Å². The second-order valence-corrected chi connectivity index (χ2v) is 3.26. The minimum Gasteiger partial charge on any atom is -0.493 e. The molecule has 71 valence electrons. The third-order valence-electron chi connectivity index (χ3n) is 2.14. The van der Waals surface area contributed by atoms with Gasteiger partial charge in [-0.2, -0.15) is 0 Å². The van der Waals surface area contributed by atoms with Gasteiger partial charge < -0.3 is 4.74 Å². The molecule has 2 rings (SSSR count). The van der Waals surface area contributed by atoms with Crippen molar-refractivity contribution in [1.29, 1.82) is 0 Å². The van der Waals surface area contributed by atoms with E-state index in [0.29, 0.717) is 0 Å². The fourth-order valence-corrected chi connectivity index (χ4v) is 1.46. The van der Waals surface area contributed by atoms with Crippen LogP contribution in [0.4, 0.5) is 0 Å². The van der Waals surface area contributed by atoms with Crippen molar-refractivity contribution >= 4 is 10.8 Å². The monoisotopic (exact) mass is 185 g/mol. The molecule has 2 aromatic rings. The van der Waals surface area contributed by atoms with E-state index in [1.165, 1.54) is 10.8 Å².